The van der Waals surface area contributed by atoms with Crippen molar-refractivity contribution in [2.75, 3.05) is 26.2 Å². The van der Waals surface area contributed by atoms with Crippen LogP contribution >= 0.6 is 0 Å². The van der Waals surface area contributed by atoms with Gasteiger partial charge in [-0.05, 0) is 17.5 Å². The molecule has 0 saturated carbocycles. The zero-order valence-corrected chi connectivity index (χ0v) is 12.3. The average molecular weight is 278 g/mol. The molecule has 0 spiro atoms. The van der Waals surface area contributed by atoms with Gasteiger partial charge in [0, 0.05) is 37.0 Å². The Kier molecular flexibility index (Phi) is 3.09. The molecular formula is C19H22N2. The molecule has 2 heteroatoms. The lowest BCUT2D eigenvalue weighted by atomic mass is 9.60. The van der Waals surface area contributed by atoms with Crippen molar-refractivity contribution in [1.82, 2.24) is 10.6 Å². The molecule has 2 aliphatic rings. The van der Waals surface area contributed by atoms with E-state index in [-0.39, 0.29) is 10.8 Å². The van der Waals surface area contributed by atoms with Crippen molar-refractivity contribution in [2.24, 2.45) is 0 Å². The van der Waals surface area contributed by atoms with Gasteiger partial charge in [0.05, 0.1) is 0 Å². The van der Waals surface area contributed by atoms with E-state index in [0.717, 1.165) is 26.2 Å². The summed E-state index contributed by atoms with van der Waals surface area (Å²) in [5.41, 5.74) is 3.36. The minimum atomic E-state index is 0.216. The third-order valence-corrected chi connectivity index (χ3v) is 5.30. The van der Waals surface area contributed by atoms with Crippen LogP contribution in [-0.4, -0.2) is 26.2 Å². The van der Waals surface area contributed by atoms with Gasteiger partial charge in [-0.2, -0.15) is 0 Å². The van der Waals surface area contributed by atoms with E-state index in [1.807, 2.05) is 0 Å². The SMILES string of the molecule is c1ccc(C23CNCC(c4ccccc4)(CNC2)C3)cc1. The molecule has 0 atom stereocenters. The Morgan fingerprint density at radius 2 is 0.952 bits per heavy atom. The van der Waals surface area contributed by atoms with E-state index < -0.39 is 0 Å². The molecule has 2 aliphatic heterocycles. The highest BCUT2D eigenvalue weighted by Gasteiger charge is 2.49. The minimum Gasteiger partial charge on any atom is -0.315 e. The molecule has 2 bridgehead atoms. The summed E-state index contributed by atoms with van der Waals surface area (Å²) in [4.78, 5) is 0. The smallest absolute Gasteiger partial charge is 0.0212 e. The third-order valence-electron chi connectivity index (χ3n) is 5.30. The molecule has 0 unspecified atom stereocenters. The number of nitrogens with one attached hydrogen (secondary N) is 2. The van der Waals surface area contributed by atoms with E-state index in [1.54, 1.807) is 0 Å². The largest absolute Gasteiger partial charge is 0.315 e. The molecule has 0 aromatic heterocycles. The van der Waals surface area contributed by atoms with Crippen molar-refractivity contribution < 1.29 is 0 Å². The summed E-state index contributed by atoms with van der Waals surface area (Å²) >= 11 is 0. The second-order valence-electron chi connectivity index (χ2n) is 6.68. The molecule has 0 amide bonds. The molecule has 0 aliphatic carbocycles. The van der Waals surface area contributed by atoms with Crippen LogP contribution in [0.5, 0.6) is 0 Å². The summed E-state index contributed by atoms with van der Waals surface area (Å²) < 4.78 is 0. The first-order valence-electron chi connectivity index (χ1n) is 7.86. The zero-order chi connectivity index (χ0) is 14.2. The Morgan fingerprint density at radius 3 is 1.33 bits per heavy atom. The lowest BCUT2D eigenvalue weighted by Crippen LogP contribution is -2.65. The maximum absolute atomic E-state index is 3.73. The molecule has 2 aromatic carbocycles. The molecule has 2 fully saturated rings. The molecule has 108 valence electrons. The average Bonchev–Trinajstić information content (AvgIpc) is 2.57. The number of rotatable bonds is 2. The number of hydrogen-bond acceptors (Lipinski definition) is 2. The van der Waals surface area contributed by atoms with Crippen LogP contribution in [0.3, 0.4) is 0 Å². The highest BCUT2D eigenvalue weighted by atomic mass is 15.0. The Balaban J connectivity index is 1.76. The molecule has 2 saturated heterocycles. The third kappa shape index (κ3) is 2.10. The molecular weight excluding hydrogens is 256 g/mol. The highest BCUT2D eigenvalue weighted by molar-refractivity contribution is 5.36. The van der Waals surface area contributed by atoms with Gasteiger partial charge in [-0.3, -0.25) is 0 Å². The van der Waals surface area contributed by atoms with Gasteiger partial charge >= 0.3 is 0 Å². The predicted molar refractivity (Wildman–Crippen MR) is 86.6 cm³/mol. The fraction of sp³-hybridized carbons (Fsp3) is 0.368. The van der Waals surface area contributed by atoms with Gasteiger partial charge in [-0.15, -0.1) is 0 Å². The Morgan fingerprint density at radius 1 is 0.571 bits per heavy atom. The maximum atomic E-state index is 3.73. The molecule has 0 radical (unpaired) electrons. The lowest BCUT2D eigenvalue weighted by molar-refractivity contribution is 0.149. The monoisotopic (exact) mass is 278 g/mol. The maximum Gasteiger partial charge on any atom is 0.0212 e. The molecule has 2 N–H and O–H groups in total. The van der Waals surface area contributed by atoms with Gasteiger partial charge in [0.15, 0.2) is 0 Å². The van der Waals surface area contributed by atoms with Crippen molar-refractivity contribution >= 4 is 0 Å². The number of fused-ring (bicyclic) bond motifs is 2. The number of benzene rings is 2. The van der Waals surface area contributed by atoms with Crippen LogP contribution in [0.2, 0.25) is 0 Å². The summed E-state index contributed by atoms with van der Waals surface area (Å²) in [6.45, 7) is 4.27. The summed E-state index contributed by atoms with van der Waals surface area (Å²) in [5, 5.41) is 7.45. The summed E-state index contributed by atoms with van der Waals surface area (Å²) in [7, 11) is 0. The number of hydrogen-bond donors (Lipinski definition) is 2. The van der Waals surface area contributed by atoms with E-state index >= 15 is 0 Å². The molecule has 4 rings (SSSR count). The summed E-state index contributed by atoms with van der Waals surface area (Å²) in [6.07, 6.45) is 1.23. The second-order valence-corrected chi connectivity index (χ2v) is 6.68. The van der Waals surface area contributed by atoms with Gasteiger partial charge < -0.3 is 10.6 Å². The molecule has 21 heavy (non-hydrogen) atoms. The van der Waals surface area contributed by atoms with Crippen molar-refractivity contribution in [3.63, 3.8) is 0 Å². The van der Waals surface area contributed by atoms with Crippen LogP contribution in [-0.2, 0) is 10.8 Å². The van der Waals surface area contributed by atoms with Gasteiger partial charge in [-0.1, -0.05) is 60.7 Å². The molecule has 2 aromatic rings. The van der Waals surface area contributed by atoms with Gasteiger partial charge in [-0.25, -0.2) is 0 Å². The second kappa shape index (κ2) is 4.97. The predicted octanol–water partition coefficient (Wildman–Crippen LogP) is 2.46. The fourth-order valence-electron chi connectivity index (χ4n) is 4.30. The van der Waals surface area contributed by atoms with Crippen LogP contribution in [0, 0.1) is 0 Å². The van der Waals surface area contributed by atoms with E-state index in [4.69, 9.17) is 0 Å². The number of piperidine rings is 2. The van der Waals surface area contributed by atoms with Gasteiger partial charge in [0.25, 0.3) is 0 Å². The van der Waals surface area contributed by atoms with Crippen molar-refractivity contribution in [1.29, 1.82) is 0 Å². The first kappa shape index (κ1) is 13.1. The summed E-state index contributed by atoms with van der Waals surface area (Å²) in [6, 6.07) is 22.0. The quantitative estimate of drug-likeness (QED) is 0.882. The highest BCUT2D eigenvalue weighted by Crippen LogP contribution is 2.43. The van der Waals surface area contributed by atoms with Crippen LogP contribution in [0.25, 0.3) is 0 Å². The lowest BCUT2D eigenvalue weighted by Gasteiger charge is -2.53. The fourth-order valence-corrected chi connectivity index (χ4v) is 4.30. The zero-order valence-electron chi connectivity index (χ0n) is 12.3. The van der Waals surface area contributed by atoms with Gasteiger partial charge in [0.1, 0.15) is 0 Å². The Bertz CT molecular complexity index is 542. The summed E-state index contributed by atoms with van der Waals surface area (Å²) in [5.74, 6) is 0. The van der Waals surface area contributed by atoms with Crippen LogP contribution in [0.15, 0.2) is 60.7 Å². The van der Waals surface area contributed by atoms with Crippen molar-refractivity contribution in [3.05, 3.63) is 71.8 Å². The molecule has 2 nitrogen and oxygen atoms in total. The van der Waals surface area contributed by atoms with Crippen LogP contribution in [0.4, 0.5) is 0 Å². The normalized spacial score (nSPS) is 31.8. The topological polar surface area (TPSA) is 24.1 Å². The first-order valence-corrected chi connectivity index (χ1v) is 7.86. The van der Waals surface area contributed by atoms with Crippen LogP contribution < -0.4 is 10.6 Å². The van der Waals surface area contributed by atoms with E-state index in [2.05, 4.69) is 71.3 Å². The van der Waals surface area contributed by atoms with Crippen molar-refractivity contribution in [3.8, 4) is 0 Å². The van der Waals surface area contributed by atoms with E-state index in [0.29, 0.717) is 0 Å². The van der Waals surface area contributed by atoms with Gasteiger partial charge in [0.2, 0.25) is 0 Å². The molecule has 2 heterocycles. The van der Waals surface area contributed by atoms with E-state index in [1.165, 1.54) is 17.5 Å². The van der Waals surface area contributed by atoms with Crippen molar-refractivity contribution in [2.45, 2.75) is 17.3 Å². The Hall–Kier alpha value is -1.64. The minimum absolute atomic E-state index is 0.216. The van der Waals surface area contributed by atoms with Crippen LogP contribution in [0.1, 0.15) is 17.5 Å². The Labute approximate surface area is 126 Å². The standard InChI is InChI=1S/C19H22N2/c1-3-7-16(8-4-1)18-11-19(14-20-12-18,15-21-13-18)17-9-5-2-6-10-17/h1-10,20-21H,11-15H2. The first-order chi connectivity index (χ1) is 10.3. The van der Waals surface area contributed by atoms with E-state index in [9.17, 15) is 0 Å².